The van der Waals surface area contributed by atoms with Gasteiger partial charge in [-0.25, -0.2) is 0 Å². The van der Waals surface area contributed by atoms with Gasteiger partial charge in [-0.05, 0) is 29.7 Å². The largest absolute Gasteiger partial charge is 0.548 e. The number of carbonyl (C=O) groups excluding carboxylic acids is 2. The van der Waals surface area contributed by atoms with Gasteiger partial charge in [-0.3, -0.25) is 9.69 Å². The fraction of sp³-hybridized carbons (Fsp3) is 0.278. The molecule has 1 heterocycles. The summed E-state index contributed by atoms with van der Waals surface area (Å²) in [7, 11) is 0. The molecule has 0 aromatic heterocycles. The number of rotatable bonds is 7. The molecule has 1 aromatic rings. The number of benzene rings is 1. The number of hydrogen-bond donors (Lipinski definition) is 0. The van der Waals surface area contributed by atoms with Gasteiger partial charge in [0.05, 0.1) is 16.9 Å². The Morgan fingerprint density at radius 3 is 2.56 bits per heavy atom. The van der Waals surface area contributed by atoms with Crippen molar-refractivity contribution in [1.29, 1.82) is 0 Å². The normalized spacial score (nSPS) is 17.2. The van der Waals surface area contributed by atoms with Gasteiger partial charge in [0.2, 0.25) is 0 Å². The van der Waals surface area contributed by atoms with Gasteiger partial charge in [0, 0.05) is 0 Å². The number of carboxylic acids is 1. The Balaban J connectivity index is 2.22. The molecule has 0 N–H and O–H groups in total. The Morgan fingerprint density at radius 1 is 1.40 bits per heavy atom. The van der Waals surface area contributed by atoms with Crippen molar-refractivity contribution in [2.75, 3.05) is 6.61 Å². The maximum absolute atomic E-state index is 12.6. The number of carboxylic acid groups (broad SMARTS) is 1. The molecule has 1 atom stereocenters. The van der Waals surface area contributed by atoms with Crippen LogP contribution in [0.1, 0.15) is 19.4 Å². The minimum Gasteiger partial charge on any atom is -0.548 e. The lowest BCUT2D eigenvalue weighted by atomic mass is 10.0. The number of thiocarbonyl (C=S) groups is 1. The van der Waals surface area contributed by atoms with Crippen LogP contribution in [-0.4, -0.2) is 33.7 Å². The molecule has 0 unspecified atom stereocenters. The first kappa shape index (κ1) is 19.2. The van der Waals surface area contributed by atoms with E-state index in [9.17, 15) is 14.7 Å². The van der Waals surface area contributed by atoms with E-state index >= 15 is 0 Å². The first-order chi connectivity index (χ1) is 11.8. The van der Waals surface area contributed by atoms with E-state index in [4.69, 9.17) is 17.0 Å². The highest BCUT2D eigenvalue weighted by Crippen LogP contribution is 2.35. The van der Waals surface area contributed by atoms with Crippen molar-refractivity contribution >= 4 is 46.3 Å². The molecule has 0 radical (unpaired) electrons. The molecule has 1 aliphatic rings. The standard InChI is InChI=1S/C18H19NO4S2/c1-4-9-23-13-7-5-12(6-8-13)10-14-16(20)19(18(24)25-14)15(11(2)3)17(21)22/h4-8,10-11,15H,1,9H2,2-3H3,(H,21,22)/p-1/b14-10-/t15-/m1/s1. The second kappa shape index (κ2) is 8.31. The molecular weight excluding hydrogens is 358 g/mol. The summed E-state index contributed by atoms with van der Waals surface area (Å²) in [4.78, 5) is 25.5. The van der Waals surface area contributed by atoms with Crippen LogP contribution >= 0.6 is 24.0 Å². The number of aliphatic carboxylic acids is 1. The molecular formula is C18H18NO4S2-. The summed E-state index contributed by atoms with van der Waals surface area (Å²) in [6, 6.07) is 6.11. The van der Waals surface area contributed by atoms with Crippen LogP contribution in [0.2, 0.25) is 0 Å². The smallest absolute Gasteiger partial charge is 0.266 e. The van der Waals surface area contributed by atoms with Crippen LogP contribution in [0.3, 0.4) is 0 Å². The Kier molecular flexibility index (Phi) is 6.39. The topological polar surface area (TPSA) is 69.7 Å². The zero-order valence-corrected chi connectivity index (χ0v) is 15.6. The van der Waals surface area contributed by atoms with Gasteiger partial charge >= 0.3 is 0 Å². The van der Waals surface area contributed by atoms with Crippen LogP contribution in [-0.2, 0) is 9.59 Å². The Bertz CT molecular complexity index is 725. The first-order valence-electron chi connectivity index (χ1n) is 7.66. The molecule has 0 spiro atoms. The summed E-state index contributed by atoms with van der Waals surface area (Å²) in [5.74, 6) is -1.34. The summed E-state index contributed by atoms with van der Waals surface area (Å²) < 4.78 is 5.63. The van der Waals surface area contributed by atoms with Gasteiger partial charge in [-0.1, -0.05) is 62.6 Å². The number of thioether (sulfide) groups is 1. The number of hydrogen-bond acceptors (Lipinski definition) is 6. The average Bonchev–Trinajstić information content (AvgIpc) is 2.81. The van der Waals surface area contributed by atoms with E-state index in [-0.39, 0.29) is 10.2 Å². The number of ether oxygens (including phenoxy) is 1. The van der Waals surface area contributed by atoms with Crippen LogP contribution in [0, 0.1) is 5.92 Å². The maximum Gasteiger partial charge on any atom is 0.266 e. The molecule has 2 rings (SSSR count). The summed E-state index contributed by atoms with van der Waals surface area (Å²) in [5.41, 5.74) is 0.793. The summed E-state index contributed by atoms with van der Waals surface area (Å²) in [5, 5.41) is 11.4. The quantitative estimate of drug-likeness (QED) is 0.413. The van der Waals surface area contributed by atoms with Gasteiger partial charge in [0.25, 0.3) is 5.91 Å². The minimum absolute atomic E-state index is 0.227. The third-order valence-electron chi connectivity index (χ3n) is 3.52. The highest BCUT2D eigenvalue weighted by Gasteiger charge is 2.38. The molecule has 0 bridgehead atoms. The van der Waals surface area contributed by atoms with E-state index in [0.717, 1.165) is 22.2 Å². The van der Waals surface area contributed by atoms with Crippen molar-refractivity contribution in [2.45, 2.75) is 19.9 Å². The zero-order chi connectivity index (χ0) is 18.6. The molecule has 1 aliphatic heterocycles. The fourth-order valence-corrected chi connectivity index (χ4v) is 3.69. The summed E-state index contributed by atoms with van der Waals surface area (Å²) >= 11 is 6.29. The zero-order valence-electron chi connectivity index (χ0n) is 13.9. The van der Waals surface area contributed by atoms with Crippen LogP contribution in [0.5, 0.6) is 5.75 Å². The van der Waals surface area contributed by atoms with Crippen molar-refractivity contribution in [3.05, 3.63) is 47.4 Å². The molecule has 1 fully saturated rings. The first-order valence-corrected chi connectivity index (χ1v) is 8.89. The van der Waals surface area contributed by atoms with Crippen LogP contribution < -0.4 is 9.84 Å². The van der Waals surface area contributed by atoms with E-state index in [1.807, 2.05) is 12.1 Å². The Hall–Kier alpha value is -2.12. The van der Waals surface area contributed by atoms with Gasteiger partial charge in [-0.15, -0.1) is 0 Å². The lowest BCUT2D eigenvalue weighted by Gasteiger charge is -2.30. The number of amides is 1. The monoisotopic (exact) mass is 376 g/mol. The predicted octanol–water partition coefficient (Wildman–Crippen LogP) is 2.23. The van der Waals surface area contributed by atoms with Crippen LogP contribution in [0.4, 0.5) is 0 Å². The maximum atomic E-state index is 12.6. The fourth-order valence-electron chi connectivity index (χ4n) is 2.36. The molecule has 25 heavy (non-hydrogen) atoms. The lowest BCUT2D eigenvalue weighted by molar-refractivity contribution is -0.311. The van der Waals surface area contributed by atoms with Crippen molar-refractivity contribution in [3.63, 3.8) is 0 Å². The Labute approximate surface area is 156 Å². The molecule has 7 heteroatoms. The highest BCUT2D eigenvalue weighted by atomic mass is 32.2. The lowest BCUT2D eigenvalue weighted by Crippen LogP contribution is -2.52. The van der Waals surface area contributed by atoms with Gasteiger partial charge < -0.3 is 14.6 Å². The van der Waals surface area contributed by atoms with E-state index in [1.165, 1.54) is 0 Å². The molecule has 132 valence electrons. The third kappa shape index (κ3) is 4.49. The number of carbonyl (C=O) groups is 2. The van der Waals surface area contributed by atoms with Crippen molar-refractivity contribution in [1.82, 2.24) is 4.90 Å². The summed E-state index contributed by atoms with van der Waals surface area (Å²) in [6.45, 7) is 7.43. The molecule has 1 amide bonds. The van der Waals surface area contributed by atoms with E-state index in [0.29, 0.717) is 17.3 Å². The summed E-state index contributed by atoms with van der Waals surface area (Å²) in [6.07, 6.45) is 3.34. The highest BCUT2D eigenvalue weighted by molar-refractivity contribution is 8.26. The second-order valence-electron chi connectivity index (χ2n) is 5.73. The van der Waals surface area contributed by atoms with E-state index in [2.05, 4.69) is 6.58 Å². The Morgan fingerprint density at radius 2 is 2.04 bits per heavy atom. The third-order valence-corrected chi connectivity index (χ3v) is 4.85. The van der Waals surface area contributed by atoms with Gasteiger partial charge in [0.1, 0.15) is 16.7 Å². The SMILES string of the molecule is C=CCOc1ccc(/C=C2\SC(=S)N([C@@H](C(=O)[O-])C(C)C)C2=O)cc1. The average molecular weight is 376 g/mol. The minimum atomic E-state index is -1.31. The van der Waals surface area contributed by atoms with E-state index in [1.54, 1.807) is 38.1 Å². The molecule has 0 saturated carbocycles. The van der Waals surface area contributed by atoms with Crippen molar-refractivity contribution in [3.8, 4) is 5.75 Å². The predicted molar refractivity (Wildman–Crippen MR) is 101 cm³/mol. The van der Waals surface area contributed by atoms with Crippen molar-refractivity contribution < 1.29 is 19.4 Å². The molecule has 5 nitrogen and oxygen atoms in total. The molecule has 1 aromatic carbocycles. The number of nitrogens with zero attached hydrogens (tertiary/aromatic N) is 1. The van der Waals surface area contributed by atoms with Gasteiger partial charge in [-0.2, -0.15) is 0 Å². The van der Waals surface area contributed by atoms with Gasteiger partial charge in [0.15, 0.2) is 0 Å². The molecule has 1 saturated heterocycles. The van der Waals surface area contributed by atoms with Crippen LogP contribution in [0.15, 0.2) is 41.8 Å². The van der Waals surface area contributed by atoms with Crippen molar-refractivity contribution in [2.24, 2.45) is 5.92 Å². The van der Waals surface area contributed by atoms with E-state index < -0.39 is 17.9 Å². The molecule has 0 aliphatic carbocycles. The second-order valence-corrected chi connectivity index (χ2v) is 7.40. The van der Waals surface area contributed by atoms with Crippen LogP contribution in [0.25, 0.3) is 6.08 Å².